The molecule has 1 amide bonds. The van der Waals surface area contributed by atoms with Crippen LogP contribution in [0.15, 0.2) is 54.6 Å². The Kier molecular flexibility index (Phi) is 4.75. The molecule has 1 aliphatic heterocycles. The summed E-state index contributed by atoms with van der Waals surface area (Å²) in [4.78, 5) is 26.1. The highest BCUT2D eigenvalue weighted by Gasteiger charge is 2.24. The molecule has 27 heavy (non-hydrogen) atoms. The van der Waals surface area contributed by atoms with E-state index in [0.29, 0.717) is 13.1 Å². The van der Waals surface area contributed by atoms with Crippen molar-refractivity contribution in [1.29, 1.82) is 0 Å². The zero-order valence-electron chi connectivity index (χ0n) is 15.8. The second-order valence-electron chi connectivity index (χ2n) is 7.22. The molecular formula is C22H24N4O. The lowest BCUT2D eigenvalue weighted by atomic mass is 10.1. The Hall–Kier alpha value is -2.95. The highest BCUT2D eigenvalue weighted by molar-refractivity contribution is 5.93. The number of aromatic nitrogens is 2. The Labute approximate surface area is 159 Å². The molecule has 1 aliphatic rings. The topological polar surface area (TPSA) is 49.3 Å². The second-order valence-corrected chi connectivity index (χ2v) is 7.22. The number of benzene rings is 2. The van der Waals surface area contributed by atoms with Crippen LogP contribution in [-0.2, 0) is 4.79 Å². The summed E-state index contributed by atoms with van der Waals surface area (Å²) in [5, 5.41) is 1.06. The molecule has 1 aromatic heterocycles. The van der Waals surface area contributed by atoms with E-state index < -0.39 is 0 Å². The van der Waals surface area contributed by atoms with Crippen molar-refractivity contribution >= 4 is 22.8 Å². The van der Waals surface area contributed by atoms with Crippen LogP contribution in [0.4, 0.5) is 5.95 Å². The molecule has 2 heterocycles. The molecule has 0 spiro atoms. The van der Waals surface area contributed by atoms with E-state index in [9.17, 15) is 4.79 Å². The third-order valence-corrected chi connectivity index (χ3v) is 5.01. The molecule has 0 aliphatic carbocycles. The number of rotatable bonds is 3. The van der Waals surface area contributed by atoms with E-state index in [1.807, 2.05) is 55.1 Å². The first-order valence-electron chi connectivity index (χ1n) is 9.49. The Morgan fingerprint density at radius 1 is 0.889 bits per heavy atom. The van der Waals surface area contributed by atoms with Gasteiger partial charge in [-0.1, -0.05) is 62.4 Å². The third kappa shape index (κ3) is 3.50. The van der Waals surface area contributed by atoms with Crippen molar-refractivity contribution in [3.05, 3.63) is 54.6 Å². The van der Waals surface area contributed by atoms with Crippen molar-refractivity contribution in [2.45, 2.75) is 13.8 Å². The van der Waals surface area contributed by atoms with Crippen LogP contribution in [-0.4, -0.2) is 47.0 Å². The van der Waals surface area contributed by atoms with Gasteiger partial charge in [0.15, 0.2) is 0 Å². The number of amides is 1. The zero-order valence-corrected chi connectivity index (χ0v) is 15.8. The predicted octanol–water partition coefficient (Wildman–Crippen LogP) is 3.60. The van der Waals surface area contributed by atoms with Gasteiger partial charge in [0.1, 0.15) is 0 Å². The first kappa shape index (κ1) is 17.5. The van der Waals surface area contributed by atoms with Crippen LogP contribution >= 0.6 is 0 Å². The quantitative estimate of drug-likeness (QED) is 0.716. The molecule has 3 aromatic rings. The minimum Gasteiger partial charge on any atom is -0.339 e. The fraction of sp³-hybridized carbons (Fsp3) is 0.318. The summed E-state index contributed by atoms with van der Waals surface area (Å²) in [6.07, 6.45) is 0. The van der Waals surface area contributed by atoms with Gasteiger partial charge in [0.05, 0.1) is 11.2 Å². The molecular weight excluding hydrogens is 336 g/mol. The van der Waals surface area contributed by atoms with Crippen molar-refractivity contribution in [2.24, 2.45) is 5.92 Å². The van der Waals surface area contributed by atoms with Crippen LogP contribution in [0.5, 0.6) is 0 Å². The molecule has 0 bridgehead atoms. The normalized spacial score (nSPS) is 14.8. The lowest BCUT2D eigenvalue weighted by Gasteiger charge is -2.35. The highest BCUT2D eigenvalue weighted by atomic mass is 16.2. The number of carbonyl (C=O) groups excluding carboxylic acids is 1. The van der Waals surface area contributed by atoms with E-state index in [2.05, 4.69) is 23.1 Å². The Morgan fingerprint density at radius 3 is 2.26 bits per heavy atom. The summed E-state index contributed by atoms with van der Waals surface area (Å²) < 4.78 is 0. The van der Waals surface area contributed by atoms with Gasteiger partial charge in [-0.25, -0.2) is 9.97 Å². The number of fused-ring (bicyclic) bond motifs is 1. The molecule has 0 radical (unpaired) electrons. The van der Waals surface area contributed by atoms with Crippen molar-refractivity contribution < 1.29 is 4.79 Å². The maximum Gasteiger partial charge on any atom is 0.226 e. The first-order valence-corrected chi connectivity index (χ1v) is 9.49. The van der Waals surface area contributed by atoms with Gasteiger partial charge in [-0.15, -0.1) is 0 Å². The van der Waals surface area contributed by atoms with Gasteiger partial charge in [-0.2, -0.15) is 0 Å². The van der Waals surface area contributed by atoms with Gasteiger partial charge in [0.25, 0.3) is 0 Å². The number of nitrogens with zero attached hydrogens (tertiary/aromatic N) is 4. The third-order valence-electron chi connectivity index (χ3n) is 5.01. The van der Waals surface area contributed by atoms with E-state index in [-0.39, 0.29) is 11.8 Å². The smallest absolute Gasteiger partial charge is 0.226 e. The van der Waals surface area contributed by atoms with Crippen LogP contribution in [0.3, 0.4) is 0 Å². The molecule has 2 aromatic carbocycles. The summed E-state index contributed by atoms with van der Waals surface area (Å²) in [7, 11) is 0. The fourth-order valence-electron chi connectivity index (χ4n) is 3.51. The number of piperazine rings is 1. The minimum absolute atomic E-state index is 0.0400. The number of carbonyl (C=O) groups is 1. The average molecular weight is 360 g/mol. The average Bonchev–Trinajstić information content (AvgIpc) is 2.73. The maximum atomic E-state index is 12.2. The predicted molar refractivity (Wildman–Crippen MR) is 109 cm³/mol. The number of hydrogen-bond acceptors (Lipinski definition) is 4. The lowest BCUT2D eigenvalue weighted by molar-refractivity contribution is -0.134. The number of anilines is 1. The molecule has 0 saturated carbocycles. The molecule has 0 atom stereocenters. The molecule has 4 rings (SSSR count). The van der Waals surface area contributed by atoms with E-state index in [1.165, 1.54) is 0 Å². The van der Waals surface area contributed by atoms with Crippen LogP contribution in [0.2, 0.25) is 0 Å². The first-order chi connectivity index (χ1) is 13.1. The van der Waals surface area contributed by atoms with E-state index in [1.54, 1.807) is 0 Å². The molecule has 5 heteroatoms. The van der Waals surface area contributed by atoms with Gasteiger partial charge in [0.2, 0.25) is 11.9 Å². The fourth-order valence-corrected chi connectivity index (χ4v) is 3.51. The monoisotopic (exact) mass is 360 g/mol. The standard InChI is InChI=1S/C22H24N4O/c1-16(2)21(27)25-12-14-26(15-13-25)22-23-19-11-7-6-10-18(19)20(24-22)17-8-4-3-5-9-17/h3-11,16H,12-15H2,1-2H3. The second kappa shape index (κ2) is 7.35. The van der Waals surface area contributed by atoms with Gasteiger partial charge < -0.3 is 9.80 Å². The van der Waals surface area contributed by atoms with Crippen molar-refractivity contribution in [2.75, 3.05) is 31.1 Å². The van der Waals surface area contributed by atoms with Crippen LogP contribution in [0, 0.1) is 5.92 Å². The Bertz CT molecular complexity index is 947. The SMILES string of the molecule is CC(C)C(=O)N1CCN(c2nc(-c3ccccc3)c3ccccc3n2)CC1. The molecule has 5 nitrogen and oxygen atoms in total. The van der Waals surface area contributed by atoms with Crippen LogP contribution < -0.4 is 4.90 Å². The molecule has 1 fully saturated rings. The van der Waals surface area contributed by atoms with E-state index >= 15 is 0 Å². The summed E-state index contributed by atoms with van der Waals surface area (Å²) in [6.45, 7) is 6.85. The van der Waals surface area contributed by atoms with Crippen molar-refractivity contribution in [3.63, 3.8) is 0 Å². The molecule has 138 valence electrons. The lowest BCUT2D eigenvalue weighted by Crippen LogP contribution is -2.50. The van der Waals surface area contributed by atoms with E-state index in [0.717, 1.165) is 41.2 Å². The van der Waals surface area contributed by atoms with Crippen molar-refractivity contribution in [3.8, 4) is 11.3 Å². The zero-order chi connectivity index (χ0) is 18.8. The van der Waals surface area contributed by atoms with Crippen LogP contribution in [0.25, 0.3) is 22.2 Å². The Morgan fingerprint density at radius 2 is 1.56 bits per heavy atom. The maximum absolute atomic E-state index is 12.2. The Balaban J connectivity index is 1.67. The minimum atomic E-state index is 0.0400. The summed E-state index contributed by atoms with van der Waals surface area (Å²) >= 11 is 0. The number of para-hydroxylation sites is 1. The number of hydrogen-bond donors (Lipinski definition) is 0. The van der Waals surface area contributed by atoms with Gasteiger partial charge >= 0.3 is 0 Å². The van der Waals surface area contributed by atoms with Gasteiger partial charge in [-0.3, -0.25) is 4.79 Å². The van der Waals surface area contributed by atoms with Gasteiger partial charge in [-0.05, 0) is 6.07 Å². The van der Waals surface area contributed by atoms with Crippen molar-refractivity contribution in [1.82, 2.24) is 14.9 Å². The largest absolute Gasteiger partial charge is 0.339 e. The summed E-state index contributed by atoms with van der Waals surface area (Å²) in [6, 6.07) is 18.4. The van der Waals surface area contributed by atoms with Gasteiger partial charge in [0, 0.05) is 43.0 Å². The molecule has 0 unspecified atom stereocenters. The highest BCUT2D eigenvalue weighted by Crippen LogP contribution is 2.28. The summed E-state index contributed by atoms with van der Waals surface area (Å²) in [5.74, 6) is 1.00. The molecule has 1 saturated heterocycles. The summed E-state index contributed by atoms with van der Waals surface area (Å²) in [5.41, 5.74) is 2.99. The van der Waals surface area contributed by atoms with Crippen LogP contribution in [0.1, 0.15) is 13.8 Å². The van der Waals surface area contributed by atoms with E-state index in [4.69, 9.17) is 9.97 Å². The molecule has 0 N–H and O–H groups in total.